The summed E-state index contributed by atoms with van der Waals surface area (Å²) in [5.74, 6) is -1.48. The SMILES string of the molecule is O=c1cc(O)c2sc3nc(-c4ccc(F)cc4F)ccc3c2[nH]1. The number of pyridine rings is 2. The molecular formula is C16H8F2N2O2S. The van der Waals surface area contributed by atoms with E-state index in [1.54, 1.807) is 12.1 Å². The zero-order valence-electron chi connectivity index (χ0n) is 11.4. The molecule has 0 saturated carbocycles. The molecule has 1 aromatic carbocycles. The Morgan fingerprint density at radius 3 is 2.74 bits per heavy atom. The van der Waals surface area contributed by atoms with Crippen molar-refractivity contribution < 1.29 is 13.9 Å². The Bertz CT molecular complexity index is 1130. The molecule has 0 bridgehead atoms. The van der Waals surface area contributed by atoms with Gasteiger partial charge in [-0.15, -0.1) is 11.3 Å². The Labute approximate surface area is 131 Å². The molecule has 0 aliphatic heterocycles. The summed E-state index contributed by atoms with van der Waals surface area (Å²) in [5.41, 5.74) is 0.615. The van der Waals surface area contributed by atoms with Crippen LogP contribution >= 0.6 is 11.3 Å². The minimum absolute atomic E-state index is 0.124. The normalized spacial score (nSPS) is 11.4. The standard InChI is InChI=1S/C16H8F2N2O2S/c17-7-1-2-8(10(18)5-7)11-4-3-9-14-15(23-16(9)19-11)12(21)6-13(22)20-14/h1-6H,(H2,20,21,22). The van der Waals surface area contributed by atoms with Crippen LogP contribution in [-0.4, -0.2) is 15.1 Å². The summed E-state index contributed by atoms with van der Waals surface area (Å²) in [6.45, 7) is 0. The molecule has 2 N–H and O–H groups in total. The lowest BCUT2D eigenvalue weighted by Gasteiger charge is -2.02. The minimum Gasteiger partial charge on any atom is -0.506 e. The number of hydrogen-bond acceptors (Lipinski definition) is 4. The van der Waals surface area contributed by atoms with Crippen LogP contribution in [0.3, 0.4) is 0 Å². The lowest BCUT2D eigenvalue weighted by Crippen LogP contribution is -2.01. The first-order valence-electron chi connectivity index (χ1n) is 6.64. The van der Waals surface area contributed by atoms with Gasteiger partial charge in [-0.1, -0.05) is 0 Å². The van der Waals surface area contributed by atoms with E-state index in [0.29, 0.717) is 26.1 Å². The number of aromatic amines is 1. The molecule has 0 amide bonds. The van der Waals surface area contributed by atoms with Gasteiger partial charge in [-0.05, 0) is 24.3 Å². The molecule has 4 aromatic rings. The summed E-state index contributed by atoms with van der Waals surface area (Å²) in [4.78, 5) is 19.1. The largest absolute Gasteiger partial charge is 0.506 e. The summed E-state index contributed by atoms with van der Waals surface area (Å²) in [7, 11) is 0. The minimum atomic E-state index is -0.700. The van der Waals surface area contributed by atoms with Crippen LogP contribution in [0.15, 0.2) is 41.2 Å². The van der Waals surface area contributed by atoms with Crippen molar-refractivity contribution in [3.05, 3.63) is 58.4 Å². The van der Waals surface area contributed by atoms with Crippen molar-refractivity contribution in [2.45, 2.75) is 0 Å². The average Bonchev–Trinajstić information content (AvgIpc) is 2.85. The Kier molecular flexibility index (Phi) is 2.92. The highest BCUT2D eigenvalue weighted by atomic mass is 32.1. The van der Waals surface area contributed by atoms with E-state index in [-0.39, 0.29) is 11.3 Å². The van der Waals surface area contributed by atoms with Crippen molar-refractivity contribution in [2.24, 2.45) is 0 Å². The first-order chi connectivity index (χ1) is 11.0. The van der Waals surface area contributed by atoms with Crippen molar-refractivity contribution in [1.82, 2.24) is 9.97 Å². The van der Waals surface area contributed by atoms with E-state index in [1.807, 2.05) is 0 Å². The van der Waals surface area contributed by atoms with E-state index < -0.39 is 17.2 Å². The molecule has 23 heavy (non-hydrogen) atoms. The van der Waals surface area contributed by atoms with Gasteiger partial charge in [0.25, 0.3) is 5.56 Å². The number of rotatable bonds is 1. The van der Waals surface area contributed by atoms with Crippen molar-refractivity contribution >= 4 is 31.8 Å². The predicted octanol–water partition coefficient (Wildman–Crippen LogP) is 3.79. The quantitative estimate of drug-likeness (QED) is 0.558. The Hall–Kier alpha value is -2.80. The second-order valence-electron chi connectivity index (χ2n) is 5.00. The molecule has 0 unspecified atom stereocenters. The number of halogens is 2. The topological polar surface area (TPSA) is 66.0 Å². The lowest BCUT2D eigenvalue weighted by molar-refractivity contribution is 0.481. The van der Waals surface area contributed by atoms with E-state index in [4.69, 9.17) is 0 Å². The third kappa shape index (κ3) is 2.17. The highest BCUT2D eigenvalue weighted by Crippen LogP contribution is 2.36. The fraction of sp³-hybridized carbons (Fsp3) is 0. The Balaban J connectivity index is 2.00. The first-order valence-corrected chi connectivity index (χ1v) is 7.45. The molecule has 0 aliphatic rings. The van der Waals surface area contributed by atoms with E-state index in [0.717, 1.165) is 12.1 Å². The summed E-state index contributed by atoms with van der Waals surface area (Å²) < 4.78 is 27.4. The van der Waals surface area contributed by atoms with Gasteiger partial charge in [-0.25, -0.2) is 13.8 Å². The van der Waals surface area contributed by atoms with Gasteiger partial charge in [0.1, 0.15) is 22.2 Å². The van der Waals surface area contributed by atoms with Crippen molar-refractivity contribution in [3.8, 4) is 17.0 Å². The molecule has 7 heteroatoms. The molecule has 0 spiro atoms. The summed E-state index contributed by atoms with van der Waals surface area (Å²) in [5, 5.41) is 10.5. The van der Waals surface area contributed by atoms with Crippen LogP contribution in [0.5, 0.6) is 5.75 Å². The van der Waals surface area contributed by atoms with Gasteiger partial charge < -0.3 is 10.1 Å². The van der Waals surface area contributed by atoms with Gasteiger partial charge in [0.15, 0.2) is 0 Å². The first kappa shape index (κ1) is 13.8. The van der Waals surface area contributed by atoms with Gasteiger partial charge in [0, 0.05) is 23.1 Å². The van der Waals surface area contributed by atoms with Gasteiger partial charge in [0.05, 0.1) is 15.9 Å². The second kappa shape index (κ2) is 4.85. The van der Waals surface area contributed by atoms with Crippen LogP contribution < -0.4 is 5.56 Å². The second-order valence-corrected chi connectivity index (χ2v) is 6.00. The Morgan fingerprint density at radius 2 is 1.96 bits per heavy atom. The molecule has 4 rings (SSSR count). The maximum Gasteiger partial charge on any atom is 0.252 e. The van der Waals surface area contributed by atoms with Crippen LogP contribution in [0.25, 0.3) is 31.7 Å². The molecule has 0 aliphatic carbocycles. The molecular weight excluding hydrogens is 322 g/mol. The van der Waals surface area contributed by atoms with Crippen molar-refractivity contribution in [2.75, 3.05) is 0 Å². The molecule has 4 nitrogen and oxygen atoms in total. The Morgan fingerprint density at radius 1 is 1.13 bits per heavy atom. The highest BCUT2D eigenvalue weighted by molar-refractivity contribution is 7.25. The maximum atomic E-state index is 13.9. The number of nitrogens with one attached hydrogen (secondary N) is 1. The van der Waals surface area contributed by atoms with Crippen LogP contribution in [0, 0.1) is 11.6 Å². The lowest BCUT2D eigenvalue weighted by atomic mass is 10.1. The third-order valence-corrected chi connectivity index (χ3v) is 4.63. The number of fused-ring (bicyclic) bond motifs is 3. The number of aromatic hydroxyl groups is 1. The maximum absolute atomic E-state index is 13.9. The number of aromatic nitrogens is 2. The van der Waals surface area contributed by atoms with Gasteiger partial charge >= 0.3 is 0 Å². The van der Waals surface area contributed by atoms with Crippen LogP contribution in [0.4, 0.5) is 8.78 Å². The van der Waals surface area contributed by atoms with E-state index in [9.17, 15) is 18.7 Å². The highest BCUT2D eigenvalue weighted by Gasteiger charge is 2.14. The summed E-state index contributed by atoms with van der Waals surface area (Å²) in [6.07, 6.45) is 0. The number of thiophene rings is 1. The predicted molar refractivity (Wildman–Crippen MR) is 84.8 cm³/mol. The smallest absolute Gasteiger partial charge is 0.252 e. The number of nitrogens with zero attached hydrogens (tertiary/aromatic N) is 1. The summed E-state index contributed by atoms with van der Waals surface area (Å²) in [6, 6.07) is 7.67. The van der Waals surface area contributed by atoms with Gasteiger partial charge in [0.2, 0.25) is 0 Å². The van der Waals surface area contributed by atoms with Crippen LogP contribution in [0.2, 0.25) is 0 Å². The molecule has 0 saturated heterocycles. The fourth-order valence-corrected chi connectivity index (χ4v) is 3.52. The monoisotopic (exact) mass is 330 g/mol. The van der Waals surface area contributed by atoms with Crippen molar-refractivity contribution in [3.63, 3.8) is 0 Å². The average molecular weight is 330 g/mol. The van der Waals surface area contributed by atoms with Gasteiger partial charge in [-0.2, -0.15) is 0 Å². The molecule has 0 fully saturated rings. The van der Waals surface area contributed by atoms with Gasteiger partial charge in [-0.3, -0.25) is 4.79 Å². The van der Waals surface area contributed by atoms with E-state index >= 15 is 0 Å². The third-order valence-electron chi connectivity index (χ3n) is 3.51. The van der Waals surface area contributed by atoms with E-state index in [2.05, 4.69) is 9.97 Å². The molecule has 3 aromatic heterocycles. The molecule has 114 valence electrons. The van der Waals surface area contributed by atoms with Crippen molar-refractivity contribution in [1.29, 1.82) is 0 Å². The number of hydrogen-bond donors (Lipinski definition) is 2. The van der Waals surface area contributed by atoms with Crippen LogP contribution in [0.1, 0.15) is 0 Å². The summed E-state index contributed by atoms with van der Waals surface area (Å²) >= 11 is 1.19. The number of H-pyrrole nitrogens is 1. The fourth-order valence-electron chi connectivity index (χ4n) is 2.48. The molecule has 0 radical (unpaired) electrons. The zero-order valence-corrected chi connectivity index (χ0v) is 12.2. The number of benzene rings is 1. The van der Waals surface area contributed by atoms with Crippen LogP contribution in [-0.2, 0) is 0 Å². The molecule has 0 atom stereocenters. The molecule has 3 heterocycles. The zero-order chi connectivity index (χ0) is 16.1. The van der Waals surface area contributed by atoms with E-state index in [1.165, 1.54) is 23.5 Å².